The summed E-state index contributed by atoms with van der Waals surface area (Å²) in [5.74, 6) is 1.57. The molecule has 0 radical (unpaired) electrons. The zero-order valence-electron chi connectivity index (χ0n) is 14.0. The number of para-hydroxylation sites is 1. The predicted molar refractivity (Wildman–Crippen MR) is 96.6 cm³/mol. The van der Waals surface area contributed by atoms with Crippen molar-refractivity contribution < 1.29 is 9.47 Å². The van der Waals surface area contributed by atoms with Crippen molar-refractivity contribution in [2.75, 3.05) is 7.11 Å². The van der Waals surface area contributed by atoms with Gasteiger partial charge < -0.3 is 9.47 Å². The van der Waals surface area contributed by atoms with Crippen molar-refractivity contribution in [3.8, 4) is 11.5 Å². The second-order valence-electron chi connectivity index (χ2n) is 5.68. The van der Waals surface area contributed by atoms with Crippen LogP contribution in [0.3, 0.4) is 0 Å². The Labute approximate surface area is 144 Å². The SMILES string of the molecule is CCCCCCc1ccc(COc2ccccc2Cl)c(OC)c1. The molecule has 3 heteroatoms. The van der Waals surface area contributed by atoms with Crippen LogP contribution in [0.5, 0.6) is 11.5 Å². The van der Waals surface area contributed by atoms with Gasteiger partial charge in [-0.2, -0.15) is 0 Å². The van der Waals surface area contributed by atoms with E-state index in [1.807, 2.05) is 24.3 Å². The van der Waals surface area contributed by atoms with E-state index in [2.05, 4.69) is 25.1 Å². The summed E-state index contributed by atoms with van der Waals surface area (Å²) in [5, 5.41) is 0.624. The molecule has 0 N–H and O–H groups in total. The van der Waals surface area contributed by atoms with Crippen molar-refractivity contribution in [1.82, 2.24) is 0 Å². The Morgan fingerprint density at radius 1 is 0.957 bits per heavy atom. The van der Waals surface area contributed by atoms with Gasteiger partial charge in [-0.25, -0.2) is 0 Å². The first-order valence-electron chi connectivity index (χ1n) is 8.27. The lowest BCUT2D eigenvalue weighted by Crippen LogP contribution is -2.00. The molecule has 0 unspecified atom stereocenters. The highest BCUT2D eigenvalue weighted by Gasteiger charge is 2.07. The smallest absolute Gasteiger partial charge is 0.138 e. The van der Waals surface area contributed by atoms with Crippen LogP contribution in [0.2, 0.25) is 5.02 Å². The summed E-state index contributed by atoms with van der Waals surface area (Å²) >= 11 is 6.12. The molecule has 0 aromatic heterocycles. The van der Waals surface area contributed by atoms with E-state index < -0.39 is 0 Å². The number of hydrogen-bond acceptors (Lipinski definition) is 2. The maximum absolute atomic E-state index is 6.12. The van der Waals surface area contributed by atoms with Gasteiger partial charge in [-0.1, -0.05) is 62.1 Å². The predicted octanol–water partition coefficient (Wildman–Crippen LogP) is 6.05. The topological polar surface area (TPSA) is 18.5 Å². The quantitative estimate of drug-likeness (QED) is 0.520. The fourth-order valence-electron chi connectivity index (χ4n) is 2.54. The Hall–Kier alpha value is -1.67. The van der Waals surface area contributed by atoms with E-state index in [-0.39, 0.29) is 0 Å². The fourth-order valence-corrected chi connectivity index (χ4v) is 2.73. The van der Waals surface area contributed by atoms with E-state index in [1.54, 1.807) is 7.11 Å². The van der Waals surface area contributed by atoms with Crippen molar-refractivity contribution >= 4 is 11.6 Å². The molecule has 0 aliphatic rings. The molecule has 0 aliphatic carbocycles. The summed E-state index contributed by atoms with van der Waals surface area (Å²) in [5.41, 5.74) is 2.35. The van der Waals surface area contributed by atoms with Gasteiger partial charge in [0.1, 0.15) is 18.1 Å². The minimum Gasteiger partial charge on any atom is -0.496 e. The number of ether oxygens (including phenoxy) is 2. The van der Waals surface area contributed by atoms with Crippen molar-refractivity contribution in [2.24, 2.45) is 0 Å². The Bertz CT molecular complexity index is 610. The molecule has 0 spiro atoms. The lowest BCUT2D eigenvalue weighted by molar-refractivity contribution is 0.297. The highest BCUT2D eigenvalue weighted by atomic mass is 35.5. The van der Waals surface area contributed by atoms with Gasteiger partial charge in [-0.15, -0.1) is 0 Å². The Morgan fingerprint density at radius 2 is 1.78 bits per heavy atom. The third-order valence-electron chi connectivity index (χ3n) is 3.89. The van der Waals surface area contributed by atoms with Crippen LogP contribution in [0, 0.1) is 0 Å². The van der Waals surface area contributed by atoms with E-state index in [1.165, 1.54) is 31.2 Å². The molecule has 2 aromatic rings. The first-order chi connectivity index (χ1) is 11.2. The lowest BCUT2D eigenvalue weighted by Gasteiger charge is -2.13. The zero-order chi connectivity index (χ0) is 16.5. The summed E-state index contributed by atoms with van der Waals surface area (Å²) in [4.78, 5) is 0. The van der Waals surface area contributed by atoms with Crippen LogP contribution in [0.25, 0.3) is 0 Å². The highest BCUT2D eigenvalue weighted by Crippen LogP contribution is 2.27. The number of unbranched alkanes of at least 4 members (excludes halogenated alkanes) is 3. The van der Waals surface area contributed by atoms with Gasteiger partial charge in [0.15, 0.2) is 0 Å². The molecule has 2 aromatic carbocycles. The Kier molecular flexibility index (Phi) is 7.28. The third kappa shape index (κ3) is 5.47. The molecule has 0 amide bonds. The van der Waals surface area contributed by atoms with Gasteiger partial charge in [0, 0.05) is 5.56 Å². The summed E-state index contributed by atoms with van der Waals surface area (Å²) in [6.45, 7) is 2.68. The molecule has 124 valence electrons. The van der Waals surface area contributed by atoms with Crippen molar-refractivity contribution in [2.45, 2.75) is 45.6 Å². The number of hydrogen-bond donors (Lipinski definition) is 0. The molecule has 0 heterocycles. The Morgan fingerprint density at radius 3 is 2.52 bits per heavy atom. The van der Waals surface area contributed by atoms with Crippen LogP contribution >= 0.6 is 11.6 Å². The van der Waals surface area contributed by atoms with Gasteiger partial charge in [-0.05, 0) is 36.6 Å². The van der Waals surface area contributed by atoms with Crippen LogP contribution in [-0.4, -0.2) is 7.11 Å². The van der Waals surface area contributed by atoms with Crippen LogP contribution in [0.4, 0.5) is 0 Å². The van der Waals surface area contributed by atoms with Gasteiger partial charge in [0.2, 0.25) is 0 Å². The van der Waals surface area contributed by atoms with Gasteiger partial charge in [0.25, 0.3) is 0 Å². The molecule has 0 fully saturated rings. The first-order valence-corrected chi connectivity index (χ1v) is 8.65. The number of benzene rings is 2. The van der Waals surface area contributed by atoms with Gasteiger partial charge in [-0.3, -0.25) is 0 Å². The lowest BCUT2D eigenvalue weighted by atomic mass is 10.0. The first kappa shape index (κ1) is 17.7. The van der Waals surface area contributed by atoms with Crippen molar-refractivity contribution in [3.05, 3.63) is 58.6 Å². The van der Waals surface area contributed by atoms with Crippen LogP contribution in [-0.2, 0) is 13.0 Å². The molecule has 2 nitrogen and oxygen atoms in total. The third-order valence-corrected chi connectivity index (χ3v) is 4.20. The molecule has 0 bridgehead atoms. The minimum absolute atomic E-state index is 0.447. The van der Waals surface area contributed by atoms with Crippen LogP contribution < -0.4 is 9.47 Å². The van der Waals surface area contributed by atoms with Gasteiger partial charge >= 0.3 is 0 Å². The van der Waals surface area contributed by atoms with E-state index in [0.29, 0.717) is 17.4 Å². The average Bonchev–Trinajstić information content (AvgIpc) is 2.58. The average molecular weight is 333 g/mol. The maximum atomic E-state index is 6.12. The minimum atomic E-state index is 0.447. The number of aryl methyl sites for hydroxylation is 1. The summed E-state index contributed by atoms with van der Waals surface area (Å²) < 4.78 is 11.3. The second kappa shape index (κ2) is 9.46. The molecular formula is C20H25ClO2. The highest BCUT2D eigenvalue weighted by molar-refractivity contribution is 6.32. The molecule has 2 rings (SSSR count). The van der Waals surface area contributed by atoms with Gasteiger partial charge in [0.05, 0.1) is 12.1 Å². The summed E-state index contributed by atoms with van der Waals surface area (Å²) in [6.07, 6.45) is 6.19. The normalized spacial score (nSPS) is 10.6. The monoisotopic (exact) mass is 332 g/mol. The number of halogens is 1. The summed E-state index contributed by atoms with van der Waals surface area (Å²) in [7, 11) is 1.70. The molecule has 0 saturated heterocycles. The zero-order valence-corrected chi connectivity index (χ0v) is 14.7. The number of rotatable bonds is 9. The number of methoxy groups -OCH3 is 1. The largest absolute Gasteiger partial charge is 0.496 e. The van der Waals surface area contributed by atoms with Crippen LogP contribution in [0.15, 0.2) is 42.5 Å². The Balaban J connectivity index is 1.97. The summed E-state index contributed by atoms with van der Waals surface area (Å²) in [6, 6.07) is 13.9. The second-order valence-corrected chi connectivity index (χ2v) is 6.08. The molecule has 0 saturated carbocycles. The van der Waals surface area contributed by atoms with Crippen molar-refractivity contribution in [1.29, 1.82) is 0 Å². The maximum Gasteiger partial charge on any atom is 0.138 e. The molecule has 0 aliphatic heterocycles. The van der Waals surface area contributed by atoms with Crippen LogP contribution in [0.1, 0.15) is 43.7 Å². The van der Waals surface area contributed by atoms with E-state index in [4.69, 9.17) is 21.1 Å². The van der Waals surface area contributed by atoms with E-state index >= 15 is 0 Å². The fraction of sp³-hybridized carbons (Fsp3) is 0.400. The van der Waals surface area contributed by atoms with Crippen molar-refractivity contribution in [3.63, 3.8) is 0 Å². The standard InChI is InChI=1S/C20H25ClO2/c1-3-4-5-6-9-16-12-13-17(20(14-16)22-2)15-23-19-11-8-7-10-18(19)21/h7-8,10-14H,3-6,9,15H2,1-2H3. The molecular weight excluding hydrogens is 308 g/mol. The molecule has 23 heavy (non-hydrogen) atoms. The van der Waals surface area contributed by atoms with E-state index in [0.717, 1.165) is 17.7 Å². The van der Waals surface area contributed by atoms with E-state index in [9.17, 15) is 0 Å². The molecule has 0 atom stereocenters.